The minimum absolute atomic E-state index is 0.373. The lowest BCUT2D eigenvalue weighted by atomic mass is 9.97. The highest BCUT2D eigenvalue weighted by Gasteiger charge is 2.13. The molecule has 0 spiro atoms. The second kappa shape index (κ2) is 5.19. The van der Waals surface area contributed by atoms with Crippen molar-refractivity contribution < 1.29 is 5.11 Å². The first-order valence-electron chi connectivity index (χ1n) is 6.08. The van der Waals surface area contributed by atoms with E-state index in [1.807, 2.05) is 24.3 Å². The van der Waals surface area contributed by atoms with Crippen LogP contribution in [0.4, 0.5) is 5.82 Å². The van der Waals surface area contributed by atoms with E-state index in [0.717, 1.165) is 5.56 Å². The third-order valence-electron chi connectivity index (χ3n) is 3.08. The van der Waals surface area contributed by atoms with Crippen molar-refractivity contribution >= 4 is 5.82 Å². The van der Waals surface area contributed by atoms with E-state index in [4.69, 9.17) is 5.73 Å². The molecule has 94 valence electrons. The zero-order valence-electron chi connectivity index (χ0n) is 10.7. The standard InChI is InChI=1S/C15H18N2O/c1-10(2)11-5-7-12(8-6-11)14(18)13-4-3-9-17-15(13)16/h3-10,14,18H,1-2H3,(H2,16,17). The van der Waals surface area contributed by atoms with Gasteiger partial charge in [0, 0.05) is 11.8 Å². The largest absolute Gasteiger partial charge is 0.384 e. The summed E-state index contributed by atoms with van der Waals surface area (Å²) in [5.41, 5.74) is 8.50. The van der Waals surface area contributed by atoms with Crippen LogP contribution in [0, 0.1) is 0 Å². The number of aliphatic hydroxyl groups is 1. The van der Waals surface area contributed by atoms with E-state index in [0.29, 0.717) is 17.3 Å². The minimum atomic E-state index is -0.722. The van der Waals surface area contributed by atoms with Gasteiger partial charge in [-0.1, -0.05) is 44.2 Å². The first kappa shape index (κ1) is 12.6. The van der Waals surface area contributed by atoms with Gasteiger partial charge >= 0.3 is 0 Å². The molecule has 1 aromatic carbocycles. The average Bonchev–Trinajstić information content (AvgIpc) is 2.38. The molecule has 0 saturated carbocycles. The molecule has 1 unspecified atom stereocenters. The molecule has 2 rings (SSSR count). The Morgan fingerprint density at radius 3 is 2.22 bits per heavy atom. The number of anilines is 1. The Labute approximate surface area is 107 Å². The van der Waals surface area contributed by atoms with Gasteiger partial charge in [-0.3, -0.25) is 0 Å². The summed E-state index contributed by atoms with van der Waals surface area (Å²) in [7, 11) is 0. The van der Waals surface area contributed by atoms with E-state index in [-0.39, 0.29) is 0 Å². The van der Waals surface area contributed by atoms with Gasteiger partial charge in [-0.05, 0) is 23.1 Å². The lowest BCUT2D eigenvalue weighted by Gasteiger charge is -2.14. The second-order valence-electron chi connectivity index (χ2n) is 4.70. The van der Waals surface area contributed by atoms with Gasteiger partial charge < -0.3 is 10.8 Å². The summed E-state index contributed by atoms with van der Waals surface area (Å²) in [6, 6.07) is 11.5. The fraction of sp³-hybridized carbons (Fsp3) is 0.267. The Morgan fingerprint density at radius 2 is 1.67 bits per heavy atom. The van der Waals surface area contributed by atoms with E-state index in [1.165, 1.54) is 5.56 Å². The Hall–Kier alpha value is -1.87. The molecule has 0 aliphatic rings. The fourth-order valence-electron chi connectivity index (χ4n) is 1.90. The van der Waals surface area contributed by atoms with Crippen LogP contribution in [0.15, 0.2) is 42.6 Å². The number of hydrogen-bond donors (Lipinski definition) is 2. The van der Waals surface area contributed by atoms with Gasteiger partial charge in [0.2, 0.25) is 0 Å². The van der Waals surface area contributed by atoms with Crippen LogP contribution in [-0.2, 0) is 0 Å². The van der Waals surface area contributed by atoms with Crippen LogP contribution in [0.3, 0.4) is 0 Å². The molecule has 1 heterocycles. The zero-order valence-corrected chi connectivity index (χ0v) is 10.7. The summed E-state index contributed by atoms with van der Waals surface area (Å²) in [5.74, 6) is 0.859. The molecule has 0 aliphatic carbocycles. The lowest BCUT2D eigenvalue weighted by Crippen LogP contribution is -2.05. The summed E-state index contributed by atoms with van der Waals surface area (Å²) in [4.78, 5) is 3.99. The average molecular weight is 242 g/mol. The molecule has 2 aromatic rings. The van der Waals surface area contributed by atoms with E-state index in [2.05, 4.69) is 18.8 Å². The molecule has 0 saturated heterocycles. The van der Waals surface area contributed by atoms with Crippen LogP contribution in [0.25, 0.3) is 0 Å². The predicted molar refractivity (Wildman–Crippen MR) is 73.2 cm³/mol. The molecule has 18 heavy (non-hydrogen) atoms. The third kappa shape index (κ3) is 2.51. The number of aromatic nitrogens is 1. The van der Waals surface area contributed by atoms with Crippen molar-refractivity contribution in [1.29, 1.82) is 0 Å². The number of pyridine rings is 1. The van der Waals surface area contributed by atoms with E-state index >= 15 is 0 Å². The van der Waals surface area contributed by atoms with E-state index in [9.17, 15) is 5.11 Å². The van der Waals surface area contributed by atoms with Crippen molar-refractivity contribution in [3.05, 3.63) is 59.3 Å². The molecule has 3 heteroatoms. The highest BCUT2D eigenvalue weighted by Crippen LogP contribution is 2.26. The Morgan fingerprint density at radius 1 is 1.06 bits per heavy atom. The first-order valence-corrected chi connectivity index (χ1v) is 6.08. The normalized spacial score (nSPS) is 12.7. The molecule has 1 atom stereocenters. The van der Waals surface area contributed by atoms with Gasteiger partial charge in [-0.15, -0.1) is 0 Å². The SMILES string of the molecule is CC(C)c1ccc(C(O)c2cccnc2N)cc1. The molecule has 0 fully saturated rings. The lowest BCUT2D eigenvalue weighted by molar-refractivity contribution is 0.220. The molecular weight excluding hydrogens is 224 g/mol. The Balaban J connectivity index is 2.29. The van der Waals surface area contributed by atoms with Crippen LogP contribution < -0.4 is 5.73 Å². The van der Waals surface area contributed by atoms with Gasteiger partial charge in [0.15, 0.2) is 0 Å². The van der Waals surface area contributed by atoms with E-state index in [1.54, 1.807) is 18.3 Å². The van der Waals surface area contributed by atoms with Crippen molar-refractivity contribution in [3.8, 4) is 0 Å². The molecular formula is C15H18N2O. The van der Waals surface area contributed by atoms with Gasteiger partial charge in [0.05, 0.1) is 0 Å². The van der Waals surface area contributed by atoms with Crippen LogP contribution in [0.2, 0.25) is 0 Å². The van der Waals surface area contributed by atoms with Crippen LogP contribution in [0.1, 0.15) is 42.6 Å². The quantitative estimate of drug-likeness (QED) is 0.870. The number of rotatable bonds is 3. The van der Waals surface area contributed by atoms with Crippen LogP contribution in [-0.4, -0.2) is 10.1 Å². The maximum atomic E-state index is 10.3. The molecule has 0 radical (unpaired) electrons. The second-order valence-corrected chi connectivity index (χ2v) is 4.70. The zero-order chi connectivity index (χ0) is 13.1. The number of nitrogen functional groups attached to an aromatic ring is 1. The number of aliphatic hydroxyl groups excluding tert-OH is 1. The van der Waals surface area contributed by atoms with Crippen molar-refractivity contribution in [2.45, 2.75) is 25.9 Å². The van der Waals surface area contributed by atoms with Crippen LogP contribution >= 0.6 is 0 Å². The summed E-state index contributed by atoms with van der Waals surface area (Å²) in [5, 5.41) is 10.3. The molecule has 3 N–H and O–H groups in total. The molecule has 0 bridgehead atoms. The number of hydrogen-bond acceptors (Lipinski definition) is 3. The topological polar surface area (TPSA) is 59.1 Å². The van der Waals surface area contributed by atoms with Gasteiger partial charge in [-0.25, -0.2) is 4.98 Å². The smallest absolute Gasteiger partial charge is 0.129 e. The van der Waals surface area contributed by atoms with Crippen LogP contribution in [0.5, 0.6) is 0 Å². The monoisotopic (exact) mass is 242 g/mol. The summed E-state index contributed by atoms with van der Waals surface area (Å²) in [6.07, 6.45) is 0.896. The number of nitrogens with zero attached hydrogens (tertiary/aromatic N) is 1. The summed E-state index contributed by atoms with van der Waals surface area (Å²) in [6.45, 7) is 4.29. The Bertz CT molecular complexity index is 520. The van der Waals surface area contributed by atoms with Crippen molar-refractivity contribution in [3.63, 3.8) is 0 Å². The maximum absolute atomic E-state index is 10.3. The highest BCUT2D eigenvalue weighted by atomic mass is 16.3. The van der Waals surface area contributed by atoms with Crippen molar-refractivity contribution in [2.75, 3.05) is 5.73 Å². The number of nitrogens with two attached hydrogens (primary N) is 1. The fourth-order valence-corrected chi connectivity index (χ4v) is 1.90. The van der Waals surface area contributed by atoms with Gasteiger partial charge in [0.1, 0.15) is 11.9 Å². The van der Waals surface area contributed by atoms with Crippen molar-refractivity contribution in [1.82, 2.24) is 4.98 Å². The third-order valence-corrected chi connectivity index (χ3v) is 3.08. The molecule has 3 nitrogen and oxygen atoms in total. The Kier molecular flexibility index (Phi) is 3.63. The maximum Gasteiger partial charge on any atom is 0.129 e. The predicted octanol–water partition coefficient (Wildman–Crippen LogP) is 2.87. The first-order chi connectivity index (χ1) is 8.59. The number of benzene rings is 1. The summed E-state index contributed by atoms with van der Waals surface area (Å²) < 4.78 is 0. The van der Waals surface area contributed by atoms with E-state index < -0.39 is 6.10 Å². The summed E-state index contributed by atoms with van der Waals surface area (Å²) >= 11 is 0. The molecule has 0 amide bonds. The molecule has 1 aromatic heterocycles. The highest BCUT2D eigenvalue weighted by molar-refractivity contribution is 5.44. The molecule has 0 aliphatic heterocycles. The van der Waals surface area contributed by atoms with Crippen molar-refractivity contribution in [2.24, 2.45) is 0 Å². The minimum Gasteiger partial charge on any atom is -0.384 e. The van der Waals surface area contributed by atoms with Gasteiger partial charge in [-0.2, -0.15) is 0 Å². The van der Waals surface area contributed by atoms with Gasteiger partial charge in [0.25, 0.3) is 0 Å².